The van der Waals surface area contributed by atoms with Gasteiger partial charge in [-0.2, -0.15) is 4.98 Å². The molecule has 0 unspecified atom stereocenters. The van der Waals surface area contributed by atoms with E-state index < -0.39 is 5.60 Å². The minimum Gasteiger partial charge on any atom is -0.444 e. The lowest BCUT2D eigenvalue weighted by Gasteiger charge is -2.28. The Morgan fingerprint density at radius 2 is 2.08 bits per heavy atom. The number of rotatable bonds is 4. The molecule has 0 aliphatic heterocycles. The van der Waals surface area contributed by atoms with Gasteiger partial charge in [-0.05, 0) is 46.8 Å². The SMILES string of the molecule is Cc1ccc(-c2nc(C[C@H](C)N(C)C(=O)OC(C)(C)C)no2)cn1. The van der Waals surface area contributed by atoms with Gasteiger partial charge in [-0.25, -0.2) is 4.79 Å². The predicted octanol–water partition coefficient (Wildman–Crippen LogP) is 3.24. The van der Waals surface area contributed by atoms with Crippen LogP contribution >= 0.6 is 0 Å². The van der Waals surface area contributed by atoms with Crippen molar-refractivity contribution < 1.29 is 14.1 Å². The third kappa shape index (κ3) is 4.78. The Kier molecular flexibility index (Phi) is 5.21. The van der Waals surface area contributed by atoms with Gasteiger partial charge in [0.15, 0.2) is 5.82 Å². The van der Waals surface area contributed by atoms with Gasteiger partial charge in [0.25, 0.3) is 5.89 Å². The number of nitrogens with zero attached hydrogens (tertiary/aromatic N) is 4. The van der Waals surface area contributed by atoms with Crippen molar-refractivity contribution in [1.82, 2.24) is 20.0 Å². The molecule has 0 N–H and O–H groups in total. The van der Waals surface area contributed by atoms with Crippen LogP contribution in [0.2, 0.25) is 0 Å². The van der Waals surface area contributed by atoms with Crippen molar-refractivity contribution in [2.75, 3.05) is 7.05 Å². The van der Waals surface area contributed by atoms with Gasteiger partial charge >= 0.3 is 6.09 Å². The second-order valence-corrected chi connectivity index (χ2v) is 6.85. The van der Waals surface area contributed by atoms with E-state index >= 15 is 0 Å². The molecule has 2 heterocycles. The summed E-state index contributed by atoms with van der Waals surface area (Å²) in [7, 11) is 1.70. The molecule has 0 bridgehead atoms. The van der Waals surface area contributed by atoms with Crippen LogP contribution in [0.3, 0.4) is 0 Å². The summed E-state index contributed by atoms with van der Waals surface area (Å²) in [6, 6.07) is 3.65. The van der Waals surface area contributed by atoms with E-state index in [4.69, 9.17) is 9.26 Å². The largest absolute Gasteiger partial charge is 0.444 e. The predicted molar refractivity (Wildman–Crippen MR) is 89.4 cm³/mol. The normalized spacial score (nSPS) is 12.8. The van der Waals surface area contributed by atoms with Crippen molar-refractivity contribution in [2.24, 2.45) is 0 Å². The van der Waals surface area contributed by atoms with E-state index in [9.17, 15) is 4.79 Å². The summed E-state index contributed by atoms with van der Waals surface area (Å²) in [5.74, 6) is 0.957. The number of pyridine rings is 1. The third-order valence-corrected chi connectivity index (χ3v) is 3.45. The molecule has 0 aliphatic rings. The van der Waals surface area contributed by atoms with Crippen LogP contribution in [0, 0.1) is 6.92 Å². The second-order valence-electron chi connectivity index (χ2n) is 6.85. The molecule has 0 saturated carbocycles. The highest BCUT2D eigenvalue weighted by atomic mass is 16.6. The van der Waals surface area contributed by atoms with E-state index in [2.05, 4.69) is 15.1 Å². The molecule has 2 aromatic heterocycles. The van der Waals surface area contributed by atoms with Crippen LogP contribution in [0.15, 0.2) is 22.9 Å². The number of carbonyl (C=O) groups excluding carboxylic acids is 1. The molecular formula is C17H24N4O3. The van der Waals surface area contributed by atoms with Crippen LogP contribution in [-0.4, -0.2) is 44.8 Å². The average Bonchev–Trinajstić information content (AvgIpc) is 2.93. The molecule has 7 nitrogen and oxygen atoms in total. The van der Waals surface area contributed by atoms with Crippen LogP contribution in [-0.2, 0) is 11.2 Å². The van der Waals surface area contributed by atoms with E-state index in [0.717, 1.165) is 11.3 Å². The molecule has 0 radical (unpaired) electrons. The Bertz CT molecular complexity index is 689. The molecule has 24 heavy (non-hydrogen) atoms. The molecule has 1 amide bonds. The monoisotopic (exact) mass is 332 g/mol. The quantitative estimate of drug-likeness (QED) is 0.855. The summed E-state index contributed by atoms with van der Waals surface area (Å²) in [6.45, 7) is 9.34. The van der Waals surface area contributed by atoms with E-state index in [1.54, 1.807) is 13.2 Å². The Labute approximate surface area is 142 Å². The van der Waals surface area contributed by atoms with Gasteiger partial charge < -0.3 is 14.2 Å². The number of aromatic nitrogens is 3. The molecule has 130 valence electrons. The summed E-state index contributed by atoms with van der Waals surface area (Å²) in [5.41, 5.74) is 1.17. The van der Waals surface area contributed by atoms with Gasteiger partial charge in [-0.3, -0.25) is 4.98 Å². The van der Waals surface area contributed by atoms with Crippen molar-refractivity contribution in [3.05, 3.63) is 29.8 Å². The number of aryl methyl sites for hydroxylation is 1. The van der Waals surface area contributed by atoms with Crippen LogP contribution in [0.1, 0.15) is 39.2 Å². The van der Waals surface area contributed by atoms with Crippen LogP contribution in [0.25, 0.3) is 11.5 Å². The molecule has 0 fully saturated rings. The van der Waals surface area contributed by atoms with Gasteiger partial charge in [-0.1, -0.05) is 5.16 Å². The van der Waals surface area contributed by atoms with Crippen molar-refractivity contribution in [3.8, 4) is 11.5 Å². The Morgan fingerprint density at radius 3 is 2.67 bits per heavy atom. The van der Waals surface area contributed by atoms with Crippen molar-refractivity contribution in [1.29, 1.82) is 0 Å². The number of carbonyl (C=O) groups is 1. The lowest BCUT2D eigenvalue weighted by atomic mass is 10.2. The molecule has 1 atom stereocenters. The highest BCUT2D eigenvalue weighted by molar-refractivity contribution is 5.68. The Hall–Kier alpha value is -2.44. The molecule has 2 aromatic rings. The second kappa shape index (κ2) is 6.98. The first-order valence-corrected chi connectivity index (χ1v) is 7.87. The minimum absolute atomic E-state index is 0.124. The maximum Gasteiger partial charge on any atom is 0.410 e. The van der Waals surface area contributed by atoms with Gasteiger partial charge in [0.2, 0.25) is 0 Å². The first-order valence-electron chi connectivity index (χ1n) is 7.87. The first-order chi connectivity index (χ1) is 11.2. The topological polar surface area (TPSA) is 81.4 Å². The first kappa shape index (κ1) is 17.9. The number of hydrogen-bond donors (Lipinski definition) is 0. The Morgan fingerprint density at radius 1 is 1.38 bits per heavy atom. The summed E-state index contributed by atoms with van der Waals surface area (Å²) < 4.78 is 10.6. The molecular weight excluding hydrogens is 308 g/mol. The summed E-state index contributed by atoms with van der Waals surface area (Å²) in [6.07, 6.45) is 1.79. The van der Waals surface area contributed by atoms with Crippen LogP contribution < -0.4 is 0 Å². The van der Waals surface area contributed by atoms with Crippen LogP contribution in [0.5, 0.6) is 0 Å². The number of amides is 1. The molecule has 7 heteroatoms. The van der Waals surface area contributed by atoms with Gasteiger partial charge in [0.1, 0.15) is 5.60 Å². The molecule has 0 saturated heterocycles. The van der Waals surface area contributed by atoms with Crippen molar-refractivity contribution >= 4 is 6.09 Å². The summed E-state index contributed by atoms with van der Waals surface area (Å²) in [5, 5.41) is 3.98. The fraction of sp³-hybridized carbons (Fsp3) is 0.529. The van der Waals surface area contributed by atoms with E-state index in [0.29, 0.717) is 18.1 Å². The summed E-state index contributed by atoms with van der Waals surface area (Å²) in [4.78, 5) is 22.2. The summed E-state index contributed by atoms with van der Waals surface area (Å²) >= 11 is 0. The van der Waals surface area contributed by atoms with E-state index in [-0.39, 0.29) is 12.1 Å². The maximum atomic E-state index is 12.1. The third-order valence-electron chi connectivity index (χ3n) is 3.45. The Balaban J connectivity index is 2.01. The lowest BCUT2D eigenvalue weighted by molar-refractivity contribution is 0.0234. The fourth-order valence-corrected chi connectivity index (χ4v) is 1.96. The average molecular weight is 332 g/mol. The smallest absolute Gasteiger partial charge is 0.410 e. The zero-order chi connectivity index (χ0) is 17.9. The lowest BCUT2D eigenvalue weighted by Crippen LogP contribution is -2.40. The number of ether oxygens (including phenoxy) is 1. The zero-order valence-corrected chi connectivity index (χ0v) is 15.0. The molecule has 2 rings (SSSR count). The van der Waals surface area contributed by atoms with E-state index in [1.165, 1.54) is 4.90 Å². The number of hydrogen-bond acceptors (Lipinski definition) is 6. The van der Waals surface area contributed by atoms with Crippen LogP contribution in [0.4, 0.5) is 4.79 Å². The van der Waals surface area contributed by atoms with E-state index in [1.807, 2.05) is 46.8 Å². The number of likely N-dealkylation sites (N-methyl/N-ethyl adjacent to an activating group) is 1. The fourth-order valence-electron chi connectivity index (χ4n) is 1.96. The molecule has 0 aromatic carbocycles. The van der Waals surface area contributed by atoms with Crippen molar-refractivity contribution in [2.45, 2.75) is 52.7 Å². The van der Waals surface area contributed by atoms with Gasteiger partial charge in [-0.15, -0.1) is 0 Å². The standard InChI is InChI=1S/C17H24N4O3/c1-11-7-8-13(10-18-11)15-19-14(20-24-15)9-12(2)21(6)16(22)23-17(3,4)5/h7-8,10,12H,9H2,1-6H3/t12-/m0/s1. The van der Waals surface area contributed by atoms with Crippen molar-refractivity contribution in [3.63, 3.8) is 0 Å². The highest BCUT2D eigenvalue weighted by Gasteiger charge is 2.24. The maximum absolute atomic E-state index is 12.1. The van der Waals surface area contributed by atoms with Gasteiger partial charge in [0, 0.05) is 31.4 Å². The molecule has 0 aliphatic carbocycles. The minimum atomic E-state index is -0.525. The zero-order valence-electron chi connectivity index (χ0n) is 15.0. The highest BCUT2D eigenvalue weighted by Crippen LogP contribution is 2.17. The van der Waals surface area contributed by atoms with Gasteiger partial charge in [0.05, 0.1) is 5.56 Å². The molecule has 0 spiro atoms.